The predicted octanol–water partition coefficient (Wildman–Crippen LogP) is 1.74. The lowest BCUT2D eigenvalue weighted by atomic mass is 10.1. The minimum absolute atomic E-state index is 0.0389. The van der Waals surface area contributed by atoms with Crippen LogP contribution in [0.1, 0.15) is 44.3 Å². The minimum atomic E-state index is -1.31. The molecule has 0 N–H and O–H groups in total. The molecule has 0 aliphatic heterocycles. The maximum absolute atomic E-state index is 12.2. The molecule has 0 spiro atoms. The Balaban J connectivity index is 2.23. The minimum Gasteiger partial charge on any atom is -0.462 e. The van der Waals surface area contributed by atoms with E-state index in [-0.39, 0.29) is 16.9 Å². The van der Waals surface area contributed by atoms with E-state index in [1.807, 2.05) is 0 Å². The molecule has 0 saturated carbocycles. The Bertz CT molecular complexity index is 1190. The Kier molecular flexibility index (Phi) is 6.23. The van der Waals surface area contributed by atoms with Gasteiger partial charge in [-0.05, 0) is 12.1 Å². The summed E-state index contributed by atoms with van der Waals surface area (Å²) >= 11 is 0. The molecule has 0 aliphatic carbocycles. The molecular formula is C20H20N4O7. The van der Waals surface area contributed by atoms with Gasteiger partial charge in [0.2, 0.25) is 5.91 Å². The second kappa shape index (κ2) is 8.86. The Labute approximate surface area is 176 Å². The molecule has 162 valence electrons. The zero-order chi connectivity index (χ0) is 22.7. The molecule has 1 aromatic carbocycles. The first-order valence-electron chi connectivity index (χ1n) is 9.31. The zero-order valence-electron chi connectivity index (χ0n) is 17.3. The van der Waals surface area contributed by atoms with Crippen molar-refractivity contribution in [2.75, 3.05) is 6.61 Å². The molecule has 0 saturated heterocycles. The Morgan fingerprint density at radius 3 is 2.06 bits per heavy atom. The molecule has 31 heavy (non-hydrogen) atoms. The molecule has 0 amide bonds. The monoisotopic (exact) mass is 428 g/mol. The highest BCUT2D eigenvalue weighted by atomic mass is 16.6. The highest BCUT2D eigenvalue weighted by Crippen LogP contribution is 2.30. The molecule has 0 aliphatic rings. The van der Waals surface area contributed by atoms with Crippen LogP contribution in [0.15, 0.2) is 24.3 Å². The molecule has 2 atom stereocenters. The summed E-state index contributed by atoms with van der Waals surface area (Å²) in [5, 5.41) is 4.25. The quantitative estimate of drug-likeness (QED) is 0.421. The number of esters is 3. The SMILES string of the molecule is CC(=O)OC[C@@H](OC(C)=O)[C@@H](OC(C)=O)c1nn(C(C)=O)c2nc3ccccc3nc12. The third kappa shape index (κ3) is 4.82. The first-order valence-corrected chi connectivity index (χ1v) is 9.31. The van der Waals surface area contributed by atoms with Crippen molar-refractivity contribution in [1.82, 2.24) is 19.7 Å². The first kappa shape index (κ1) is 21.8. The van der Waals surface area contributed by atoms with Gasteiger partial charge >= 0.3 is 17.9 Å². The summed E-state index contributed by atoms with van der Waals surface area (Å²) in [6.07, 6.45) is -2.53. The number of benzene rings is 1. The van der Waals surface area contributed by atoms with E-state index in [4.69, 9.17) is 14.2 Å². The van der Waals surface area contributed by atoms with Crippen LogP contribution in [-0.4, -0.2) is 56.3 Å². The van der Waals surface area contributed by atoms with Crippen LogP contribution in [0.5, 0.6) is 0 Å². The standard InChI is InChI=1S/C20H20N4O7/c1-10(25)24-20-18(21-14-7-5-6-8-15(14)22-20)17(23-24)19(31-13(4)28)16(30-12(3)27)9-29-11(2)26/h5-8,16,19H,9H2,1-4H3/t16-,19-/m1/s1. The summed E-state index contributed by atoms with van der Waals surface area (Å²) in [6, 6.07) is 6.99. The molecule has 2 aromatic heterocycles. The van der Waals surface area contributed by atoms with Crippen LogP contribution >= 0.6 is 0 Å². The lowest BCUT2D eigenvalue weighted by molar-refractivity contribution is -0.174. The van der Waals surface area contributed by atoms with Gasteiger partial charge in [0.05, 0.1) is 11.0 Å². The van der Waals surface area contributed by atoms with Gasteiger partial charge in [-0.1, -0.05) is 12.1 Å². The van der Waals surface area contributed by atoms with E-state index in [2.05, 4.69) is 15.1 Å². The molecule has 2 heterocycles. The maximum Gasteiger partial charge on any atom is 0.303 e. The van der Waals surface area contributed by atoms with Crippen LogP contribution in [0.3, 0.4) is 0 Å². The van der Waals surface area contributed by atoms with Crippen molar-refractivity contribution >= 4 is 46.0 Å². The number of fused-ring (bicyclic) bond motifs is 2. The van der Waals surface area contributed by atoms with Gasteiger partial charge < -0.3 is 14.2 Å². The van der Waals surface area contributed by atoms with Crippen LogP contribution in [0.4, 0.5) is 0 Å². The van der Waals surface area contributed by atoms with E-state index in [0.717, 1.165) is 18.5 Å². The van der Waals surface area contributed by atoms with Crippen molar-refractivity contribution in [1.29, 1.82) is 0 Å². The van der Waals surface area contributed by atoms with E-state index in [9.17, 15) is 19.2 Å². The molecule has 0 fully saturated rings. The van der Waals surface area contributed by atoms with Crippen LogP contribution < -0.4 is 0 Å². The summed E-state index contributed by atoms with van der Waals surface area (Å²) < 4.78 is 16.6. The zero-order valence-corrected chi connectivity index (χ0v) is 17.3. The third-order valence-corrected chi connectivity index (χ3v) is 4.17. The summed E-state index contributed by atoms with van der Waals surface area (Å²) in [5.74, 6) is -2.47. The summed E-state index contributed by atoms with van der Waals surface area (Å²) in [7, 11) is 0. The number of ether oxygens (including phenoxy) is 3. The summed E-state index contributed by atoms with van der Waals surface area (Å²) in [6.45, 7) is 4.39. The fourth-order valence-corrected chi connectivity index (χ4v) is 3.01. The second-order valence-corrected chi connectivity index (χ2v) is 6.68. The summed E-state index contributed by atoms with van der Waals surface area (Å²) in [5.41, 5.74) is 1.42. The lowest BCUT2D eigenvalue weighted by Crippen LogP contribution is -2.33. The van der Waals surface area contributed by atoms with Gasteiger partial charge in [0, 0.05) is 27.7 Å². The van der Waals surface area contributed by atoms with E-state index in [1.54, 1.807) is 24.3 Å². The number of hydrogen-bond donors (Lipinski definition) is 0. The van der Waals surface area contributed by atoms with Crippen LogP contribution in [0.2, 0.25) is 0 Å². The maximum atomic E-state index is 12.2. The van der Waals surface area contributed by atoms with Gasteiger partial charge in [-0.3, -0.25) is 19.2 Å². The van der Waals surface area contributed by atoms with Crippen molar-refractivity contribution in [2.45, 2.75) is 39.9 Å². The normalized spacial score (nSPS) is 12.9. The van der Waals surface area contributed by atoms with E-state index >= 15 is 0 Å². The highest BCUT2D eigenvalue weighted by Gasteiger charge is 2.35. The fourth-order valence-electron chi connectivity index (χ4n) is 3.01. The fraction of sp³-hybridized carbons (Fsp3) is 0.350. The van der Waals surface area contributed by atoms with Crippen LogP contribution in [0, 0.1) is 0 Å². The van der Waals surface area contributed by atoms with Crippen molar-refractivity contribution in [3.63, 3.8) is 0 Å². The number of rotatable bonds is 6. The molecule has 0 bridgehead atoms. The molecular weight excluding hydrogens is 408 g/mol. The summed E-state index contributed by atoms with van der Waals surface area (Å²) in [4.78, 5) is 56.0. The molecule has 0 radical (unpaired) electrons. The van der Waals surface area contributed by atoms with Crippen LogP contribution in [0.25, 0.3) is 22.2 Å². The van der Waals surface area contributed by atoms with Crippen molar-refractivity contribution in [2.24, 2.45) is 0 Å². The number of aromatic nitrogens is 4. The molecule has 0 unspecified atom stereocenters. The van der Waals surface area contributed by atoms with E-state index < -0.39 is 42.6 Å². The van der Waals surface area contributed by atoms with Gasteiger partial charge in [0.25, 0.3) is 0 Å². The lowest BCUT2D eigenvalue weighted by Gasteiger charge is -2.24. The average Bonchev–Trinajstić information content (AvgIpc) is 3.05. The van der Waals surface area contributed by atoms with E-state index in [1.165, 1.54) is 13.8 Å². The van der Waals surface area contributed by atoms with Crippen molar-refractivity contribution in [3.05, 3.63) is 30.0 Å². The average molecular weight is 428 g/mol. The highest BCUT2D eigenvalue weighted by molar-refractivity contribution is 5.92. The van der Waals surface area contributed by atoms with Gasteiger partial charge in [-0.15, -0.1) is 0 Å². The number of nitrogens with zero attached hydrogens (tertiary/aromatic N) is 4. The number of carbonyl (C=O) groups is 4. The molecule has 11 heteroatoms. The Hall–Kier alpha value is -3.89. The topological polar surface area (TPSA) is 140 Å². The molecule has 3 aromatic rings. The predicted molar refractivity (Wildman–Crippen MR) is 106 cm³/mol. The number of carbonyl (C=O) groups excluding carboxylic acids is 4. The second-order valence-electron chi connectivity index (χ2n) is 6.68. The van der Waals surface area contributed by atoms with Gasteiger partial charge in [0.1, 0.15) is 17.8 Å². The van der Waals surface area contributed by atoms with Gasteiger partial charge in [0.15, 0.2) is 17.9 Å². The smallest absolute Gasteiger partial charge is 0.303 e. The number of hydrogen-bond acceptors (Lipinski definition) is 10. The van der Waals surface area contributed by atoms with Crippen molar-refractivity contribution < 1.29 is 33.4 Å². The molecule has 3 rings (SSSR count). The molecule has 11 nitrogen and oxygen atoms in total. The van der Waals surface area contributed by atoms with Crippen LogP contribution in [-0.2, 0) is 28.6 Å². The Morgan fingerprint density at radius 2 is 1.52 bits per heavy atom. The first-order chi connectivity index (χ1) is 14.7. The largest absolute Gasteiger partial charge is 0.462 e. The number of para-hydroxylation sites is 2. The van der Waals surface area contributed by atoms with Gasteiger partial charge in [-0.25, -0.2) is 9.97 Å². The van der Waals surface area contributed by atoms with Gasteiger partial charge in [-0.2, -0.15) is 9.78 Å². The van der Waals surface area contributed by atoms with Crippen molar-refractivity contribution in [3.8, 4) is 0 Å². The third-order valence-electron chi connectivity index (χ3n) is 4.17. The Morgan fingerprint density at radius 1 is 0.903 bits per heavy atom. The van der Waals surface area contributed by atoms with E-state index in [0.29, 0.717) is 11.0 Å².